The maximum absolute atomic E-state index is 10.6. The van der Waals surface area contributed by atoms with E-state index in [1.54, 1.807) is 18.2 Å². The summed E-state index contributed by atoms with van der Waals surface area (Å²) >= 11 is 0. The van der Waals surface area contributed by atoms with E-state index in [0.717, 1.165) is 11.8 Å². The van der Waals surface area contributed by atoms with Crippen LogP contribution in [0.3, 0.4) is 0 Å². The van der Waals surface area contributed by atoms with Crippen LogP contribution in [0.2, 0.25) is 0 Å². The van der Waals surface area contributed by atoms with Gasteiger partial charge in [-0.15, -0.1) is 0 Å². The van der Waals surface area contributed by atoms with Crippen LogP contribution in [0.1, 0.15) is 21.6 Å². The molecule has 6 heteroatoms. The summed E-state index contributed by atoms with van der Waals surface area (Å²) in [5, 5.41) is 20.2. The smallest absolute Gasteiger partial charge is 0.357 e. The zero-order valence-electron chi connectivity index (χ0n) is 9.25. The Balaban J connectivity index is 2.02. The van der Waals surface area contributed by atoms with Crippen LogP contribution < -0.4 is 5.32 Å². The first-order valence-electron chi connectivity index (χ1n) is 5.11. The average Bonchev–Trinajstić information content (AvgIpc) is 2.85. The van der Waals surface area contributed by atoms with Crippen LogP contribution in [0.4, 0.5) is 6.01 Å². The second-order valence-corrected chi connectivity index (χ2v) is 3.51. The van der Waals surface area contributed by atoms with E-state index in [9.17, 15) is 4.79 Å². The zero-order valence-corrected chi connectivity index (χ0v) is 9.25. The molecule has 0 aliphatic carbocycles. The van der Waals surface area contributed by atoms with E-state index >= 15 is 0 Å². The van der Waals surface area contributed by atoms with Gasteiger partial charge in [-0.25, -0.2) is 4.79 Å². The van der Waals surface area contributed by atoms with E-state index in [4.69, 9.17) is 14.8 Å². The molecule has 6 nitrogen and oxygen atoms in total. The Hall–Kier alpha value is -2.81. The summed E-state index contributed by atoms with van der Waals surface area (Å²) in [6.45, 7) is 0.398. The molecule has 0 saturated heterocycles. The molecule has 2 N–H and O–H groups in total. The summed E-state index contributed by atoms with van der Waals surface area (Å²) in [6.07, 6.45) is 1.07. The molecule has 2 aromatic rings. The number of oxazole rings is 1. The van der Waals surface area contributed by atoms with Gasteiger partial charge in [-0.3, -0.25) is 0 Å². The zero-order chi connectivity index (χ0) is 13.0. The Bertz CT molecular complexity index is 613. The molecule has 0 aliphatic heterocycles. The molecule has 2 rings (SSSR count). The van der Waals surface area contributed by atoms with Crippen LogP contribution >= 0.6 is 0 Å². The van der Waals surface area contributed by atoms with E-state index in [2.05, 4.69) is 10.3 Å². The number of aromatic carboxylic acids is 1. The molecule has 0 atom stereocenters. The lowest BCUT2D eigenvalue weighted by Gasteiger charge is -2.01. The number of carboxylic acids is 1. The van der Waals surface area contributed by atoms with Gasteiger partial charge in [0.15, 0.2) is 5.69 Å². The molecule has 18 heavy (non-hydrogen) atoms. The van der Waals surface area contributed by atoms with Crippen molar-refractivity contribution in [1.82, 2.24) is 4.98 Å². The fourth-order valence-corrected chi connectivity index (χ4v) is 1.38. The number of anilines is 1. The highest BCUT2D eigenvalue weighted by Crippen LogP contribution is 2.10. The third kappa shape index (κ3) is 2.65. The maximum Gasteiger partial charge on any atom is 0.357 e. The van der Waals surface area contributed by atoms with Crippen LogP contribution in [-0.4, -0.2) is 16.1 Å². The van der Waals surface area contributed by atoms with E-state index in [1.807, 2.05) is 12.1 Å². The molecule has 0 saturated carbocycles. The standard InChI is InChI=1S/C12H9N3O3/c13-5-8-2-1-3-9(4-8)6-14-12-15-10(7-18-12)11(16)17/h1-4,7H,6H2,(H,14,15)(H,16,17). The van der Waals surface area contributed by atoms with E-state index in [0.29, 0.717) is 12.1 Å². The van der Waals surface area contributed by atoms with Gasteiger partial charge < -0.3 is 14.8 Å². The Morgan fingerprint density at radius 3 is 3.06 bits per heavy atom. The number of hydrogen-bond donors (Lipinski definition) is 2. The quantitative estimate of drug-likeness (QED) is 0.850. The number of hydrogen-bond acceptors (Lipinski definition) is 5. The number of rotatable bonds is 4. The van der Waals surface area contributed by atoms with Crippen molar-refractivity contribution in [3.05, 3.63) is 47.3 Å². The van der Waals surface area contributed by atoms with Gasteiger partial charge in [0, 0.05) is 6.54 Å². The highest BCUT2D eigenvalue weighted by Gasteiger charge is 2.09. The molecule has 1 aromatic heterocycles. The molecule has 0 bridgehead atoms. The normalized spacial score (nSPS) is 9.72. The largest absolute Gasteiger partial charge is 0.476 e. The average molecular weight is 243 g/mol. The molecule has 0 spiro atoms. The van der Waals surface area contributed by atoms with Gasteiger partial charge in [0.05, 0.1) is 11.6 Å². The predicted octanol–water partition coefficient (Wildman–Crippen LogP) is 1.86. The third-order valence-electron chi connectivity index (χ3n) is 2.22. The van der Waals surface area contributed by atoms with Gasteiger partial charge in [0.2, 0.25) is 0 Å². The molecule has 0 aliphatic rings. The summed E-state index contributed by atoms with van der Waals surface area (Å²) in [7, 11) is 0. The van der Waals surface area contributed by atoms with Crippen LogP contribution in [0.5, 0.6) is 0 Å². The topological polar surface area (TPSA) is 99.2 Å². The number of nitrogens with zero attached hydrogens (tertiary/aromatic N) is 2. The molecule has 1 aromatic carbocycles. The predicted molar refractivity (Wildman–Crippen MR) is 61.9 cm³/mol. The lowest BCUT2D eigenvalue weighted by atomic mass is 10.1. The summed E-state index contributed by atoms with van der Waals surface area (Å²) < 4.78 is 4.94. The minimum atomic E-state index is -1.14. The van der Waals surface area contributed by atoms with Crippen molar-refractivity contribution in [2.75, 3.05) is 5.32 Å². The van der Waals surface area contributed by atoms with Gasteiger partial charge in [-0.2, -0.15) is 10.2 Å². The van der Waals surface area contributed by atoms with Crippen molar-refractivity contribution in [2.45, 2.75) is 6.54 Å². The van der Waals surface area contributed by atoms with Crippen molar-refractivity contribution in [1.29, 1.82) is 5.26 Å². The van der Waals surface area contributed by atoms with Crippen LogP contribution in [0.25, 0.3) is 0 Å². The Labute approximate surface area is 102 Å². The Morgan fingerprint density at radius 2 is 2.39 bits per heavy atom. The van der Waals surface area contributed by atoms with Gasteiger partial charge in [0.1, 0.15) is 6.26 Å². The summed E-state index contributed by atoms with van der Waals surface area (Å²) in [5.41, 5.74) is 1.29. The van der Waals surface area contributed by atoms with E-state index < -0.39 is 5.97 Å². The number of carboxylic acid groups (broad SMARTS) is 1. The summed E-state index contributed by atoms with van der Waals surface area (Å²) in [5.74, 6) is -1.14. The number of nitrogens with one attached hydrogen (secondary N) is 1. The lowest BCUT2D eigenvalue weighted by Crippen LogP contribution is -2.01. The van der Waals surface area contributed by atoms with Gasteiger partial charge in [-0.05, 0) is 17.7 Å². The molecule has 0 fully saturated rings. The second-order valence-electron chi connectivity index (χ2n) is 3.51. The minimum Gasteiger partial charge on any atom is -0.476 e. The van der Waals surface area contributed by atoms with Gasteiger partial charge >= 0.3 is 5.97 Å². The number of nitriles is 1. The van der Waals surface area contributed by atoms with Gasteiger partial charge in [-0.1, -0.05) is 12.1 Å². The van der Waals surface area contributed by atoms with E-state index in [1.165, 1.54) is 0 Å². The first-order chi connectivity index (χ1) is 8.69. The van der Waals surface area contributed by atoms with Crippen molar-refractivity contribution < 1.29 is 14.3 Å². The molecular formula is C12H9N3O3. The highest BCUT2D eigenvalue weighted by atomic mass is 16.4. The molecule has 0 unspecified atom stereocenters. The second kappa shape index (κ2) is 5.01. The van der Waals surface area contributed by atoms with Crippen molar-refractivity contribution in [3.63, 3.8) is 0 Å². The van der Waals surface area contributed by atoms with Crippen LogP contribution in [0.15, 0.2) is 34.9 Å². The SMILES string of the molecule is N#Cc1cccc(CNc2nc(C(=O)O)co2)c1. The Kier molecular flexibility index (Phi) is 3.25. The van der Waals surface area contributed by atoms with Crippen LogP contribution in [-0.2, 0) is 6.54 Å². The molecular weight excluding hydrogens is 234 g/mol. The number of carbonyl (C=O) groups is 1. The first-order valence-corrected chi connectivity index (χ1v) is 5.11. The molecule has 1 heterocycles. The van der Waals surface area contributed by atoms with Gasteiger partial charge in [0.25, 0.3) is 6.01 Å². The molecule has 0 radical (unpaired) electrons. The fourth-order valence-electron chi connectivity index (χ4n) is 1.38. The van der Waals surface area contributed by atoms with Crippen molar-refractivity contribution >= 4 is 12.0 Å². The van der Waals surface area contributed by atoms with Crippen molar-refractivity contribution in [2.24, 2.45) is 0 Å². The van der Waals surface area contributed by atoms with Crippen LogP contribution in [0, 0.1) is 11.3 Å². The Morgan fingerprint density at radius 1 is 1.56 bits per heavy atom. The maximum atomic E-state index is 10.6. The summed E-state index contributed by atoms with van der Waals surface area (Å²) in [4.78, 5) is 14.3. The molecule has 0 amide bonds. The van der Waals surface area contributed by atoms with Crippen molar-refractivity contribution in [3.8, 4) is 6.07 Å². The fraction of sp³-hybridized carbons (Fsp3) is 0.0833. The highest BCUT2D eigenvalue weighted by molar-refractivity contribution is 5.85. The third-order valence-corrected chi connectivity index (χ3v) is 2.22. The first kappa shape index (κ1) is 11.7. The minimum absolute atomic E-state index is 0.134. The van der Waals surface area contributed by atoms with E-state index in [-0.39, 0.29) is 11.7 Å². The lowest BCUT2D eigenvalue weighted by molar-refractivity contribution is 0.0690. The number of benzene rings is 1. The summed E-state index contributed by atoms with van der Waals surface area (Å²) in [6, 6.07) is 9.22. The monoisotopic (exact) mass is 243 g/mol. The number of aromatic nitrogens is 1. The molecule has 90 valence electrons.